The molecule has 0 aromatic carbocycles. The van der Waals surface area contributed by atoms with Gasteiger partial charge in [0.25, 0.3) is 0 Å². The lowest BCUT2D eigenvalue weighted by Crippen LogP contribution is -2.18. The molecule has 1 rings (SSSR count). The summed E-state index contributed by atoms with van der Waals surface area (Å²) in [6.07, 6.45) is 6.65. The van der Waals surface area contributed by atoms with Gasteiger partial charge in [-0.2, -0.15) is 0 Å². The molecule has 2 heteroatoms. The van der Waals surface area contributed by atoms with E-state index in [-0.39, 0.29) is 0 Å². The highest BCUT2D eigenvalue weighted by molar-refractivity contribution is 4.93. The van der Waals surface area contributed by atoms with Gasteiger partial charge in [0, 0.05) is 13.2 Å². The Morgan fingerprint density at radius 2 is 1.88 bits per heavy atom. The predicted octanol–water partition coefficient (Wildman–Crippen LogP) is 3.85. The van der Waals surface area contributed by atoms with Crippen molar-refractivity contribution in [2.24, 2.45) is 11.8 Å². The molecule has 2 nitrogen and oxygen atoms in total. The average Bonchev–Trinajstić information content (AvgIpc) is 2.26. The van der Waals surface area contributed by atoms with Gasteiger partial charge in [-0.1, -0.05) is 13.8 Å². The van der Waals surface area contributed by atoms with Crippen molar-refractivity contribution in [2.75, 3.05) is 26.4 Å². The Labute approximate surface area is 107 Å². The van der Waals surface area contributed by atoms with Crippen LogP contribution >= 0.6 is 0 Å². The van der Waals surface area contributed by atoms with Crippen molar-refractivity contribution in [1.29, 1.82) is 0 Å². The van der Waals surface area contributed by atoms with Gasteiger partial charge in [0.1, 0.15) is 0 Å². The lowest BCUT2D eigenvalue weighted by atomic mass is 9.75. The molecule has 0 spiro atoms. The molecule has 0 N–H and O–H groups in total. The van der Waals surface area contributed by atoms with Crippen molar-refractivity contribution in [1.82, 2.24) is 0 Å². The topological polar surface area (TPSA) is 18.5 Å². The van der Waals surface area contributed by atoms with E-state index in [1.54, 1.807) is 5.92 Å². The van der Waals surface area contributed by atoms with E-state index in [0.29, 0.717) is 0 Å². The lowest BCUT2D eigenvalue weighted by molar-refractivity contribution is 0.0495. The molecule has 0 aliphatic heterocycles. The van der Waals surface area contributed by atoms with Crippen molar-refractivity contribution in [3.63, 3.8) is 0 Å². The molecule has 1 fully saturated rings. The Balaban J connectivity index is 1.95. The highest BCUT2D eigenvalue weighted by Crippen LogP contribution is 2.36. The minimum atomic E-state index is 0.740. The smallest absolute Gasteiger partial charge is 0.0700 e. The quantitative estimate of drug-likeness (QED) is 0.601. The first-order valence-electron chi connectivity index (χ1n) is 7.19. The summed E-state index contributed by atoms with van der Waals surface area (Å²) in [6.45, 7) is 9.90. The zero-order valence-corrected chi connectivity index (χ0v) is 11.8. The minimum absolute atomic E-state index is 0.740. The highest BCUT2D eigenvalue weighted by atomic mass is 16.5. The van der Waals surface area contributed by atoms with Gasteiger partial charge < -0.3 is 9.47 Å². The van der Waals surface area contributed by atoms with Gasteiger partial charge >= 0.3 is 0 Å². The fourth-order valence-electron chi connectivity index (χ4n) is 2.96. The highest BCUT2D eigenvalue weighted by Gasteiger charge is 2.23. The molecular weight excluding hydrogens is 212 g/mol. The van der Waals surface area contributed by atoms with Crippen LogP contribution in [-0.4, -0.2) is 26.4 Å². The number of hydrogen-bond donors (Lipinski definition) is 0. The standard InChI is InChI=1S/C15H29O2/c1-4-16-8-9-17-7-5-6-15-11-13(2)10-14(3)12-15/h13,15H,4-12H2,1-3H3. The summed E-state index contributed by atoms with van der Waals surface area (Å²) < 4.78 is 10.8. The molecule has 101 valence electrons. The molecule has 0 heterocycles. The fourth-order valence-corrected chi connectivity index (χ4v) is 2.96. The molecule has 0 aromatic rings. The van der Waals surface area contributed by atoms with E-state index in [0.717, 1.165) is 38.3 Å². The molecule has 0 bridgehead atoms. The first-order valence-corrected chi connectivity index (χ1v) is 7.19. The van der Waals surface area contributed by atoms with Crippen LogP contribution in [0.15, 0.2) is 0 Å². The Morgan fingerprint density at radius 1 is 1.12 bits per heavy atom. The lowest BCUT2D eigenvalue weighted by Gasteiger charge is -2.31. The summed E-state index contributed by atoms with van der Waals surface area (Å²) in [6, 6.07) is 0. The van der Waals surface area contributed by atoms with Crippen molar-refractivity contribution in [3.8, 4) is 0 Å². The van der Waals surface area contributed by atoms with E-state index in [4.69, 9.17) is 9.47 Å². The number of ether oxygens (including phenoxy) is 2. The predicted molar refractivity (Wildman–Crippen MR) is 72.0 cm³/mol. The van der Waals surface area contributed by atoms with Crippen LogP contribution in [0.1, 0.15) is 52.9 Å². The van der Waals surface area contributed by atoms with E-state index < -0.39 is 0 Å². The second-order valence-electron chi connectivity index (χ2n) is 5.52. The van der Waals surface area contributed by atoms with Gasteiger partial charge in [0.15, 0.2) is 0 Å². The zero-order chi connectivity index (χ0) is 12.5. The first-order chi connectivity index (χ1) is 8.22. The van der Waals surface area contributed by atoms with Crippen molar-refractivity contribution >= 4 is 0 Å². The first kappa shape index (κ1) is 15.0. The maximum absolute atomic E-state index is 5.55. The summed E-state index contributed by atoms with van der Waals surface area (Å²) in [5, 5.41) is 0. The van der Waals surface area contributed by atoms with Gasteiger partial charge in [0.05, 0.1) is 13.2 Å². The number of rotatable bonds is 8. The average molecular weight is 241 g/mol. The van der Waals surface area contributed by atoms with Gasteiger partial charge in [-0.05, 0) is 56.8 Å². The van der Waals surface area contributed by atoms with E-state index in [9.17, 15) is 0 Å². The van der Waals surface area contributed by atoms with Crippen LogP contribution in [0.3, 0.4) is 0 Å². The van der Waals surface area contributed by atoms with Crippen LogP contribution in [0.25, 0.3) is 0 Å². The fraction of sp³-hybridized carbons (Fsp3) is 0.933. The Morgan fingerprint density at radius 3 is 2.59 bits per heavy atom. The monoisotopic (exact) mass is 241 g/mol. The molecule has 0 amide bonds. The molecule has 0 saturated heterocycles. The molecule has 2 unspecified atom stereocenters. The van der Waals surface area contributed by atoms with Crippen LogP contribution in [0.2, 0.25) is 0 Å². The third-order valence-electron chi connectivity index (χ3n) is 3.55. The van der Waals surface area contributed by atoms with Gasteiger partial charge in [0.2, 0.25) is 0 Å². The molecule has 0 aromatic heterocycles. The van der Waals surface area contributed by atoms with E-state index in [1.807, 2.05) is 6.92 Å². The SMILES string of the molecule is CCOCCOCCCC1C[C](C)CC(C)C1. The second-order valence-corrected chi connectivity index (χ2v) is 5.52. The molecule has 2 atom stereocenters. The summed E-state index contributed by atoms with van der Waals surface area (Å²) in [7, 11) is 0. The third-order valence-corrected chi connectivity index (χ3v) is 3.55. The second kappa shape index (κ2) is 8.93. The van der Waals surface area contributed by atoms with Crippen LogP contribution in [-0.2, 0) is 9.47 Å². The maximum Gasteiger partial charge on any atom is 0.0700 e. The zero-order valence-electron chi connectivity index (χ0n) is 11.8. The molecule has 1 aliphatic carbocycles. The molecule has 1 aliphatic rings. The van der Waals surface area contributed by atoms with Crippen LogP contribution in [0.4, 0.5) is 0 Å². The van der Waals surface area contributed by atoms with Crippen LogP contribution in [0.5, 0.6) is 0 Å². The van der Waals surface area contributed by atoms with E-state index in [1.165, 1.54) is 32.1 Å². The van der Waals surface area contributed by atoms with Crippen molar-refractivity contribution in [3.05, 3.63) is 5.92 Å². The maximum atomic E-state index is 5.55. The van der Waals surface area contributed by atoms with Gasteiger partial charge in [-0.25, -0.2) is 0 Å². The van der Waals surface area contributed by atoms with Crippen molar-refractivity contribution < 1.29 is 9.47 Å². The molecule has 1 radical (unpaired) electrons. The Hall–Kier alpha value is -0.0800. The molecule has 1 saturated carbocycles. The Kier molecular flexibility index (Phi) is 7.87. The normalized spacial score (nSPS) is 26.3. The van der Waals surface area contributed by atoms with Crippen LogP contribution in [0, 0.1) is 17.8 Å². The Bertz CT molecular complexity index is 172. The van der Waals surface area contributed by atoms with Crippen LogP contribution < -0.4 is 0 Å². The summed E-state index contributed by atoms with van der Waals surface area (Å²) in [4.78, 5) is 0. The van der Waals surface area contributed by atoms with E-state index >= 15 is 0 Å². The summed E-state index contributed by atoms with van der Waals surface area (Å²) >= 11 is 0. The summed E-state index contributed by atoms with van der Waals surface area (Å²) in [5.74, 6) is 3.51. The summed E-state index contributed by atoms with van der Waals surface area (Å²) in [5.41, 5.74) is 0. The van der Waals surface area contributed by atoms with E-state index in [2.05, 4.69) is 13.8 Å². The minimum Gasteiger partial charge on any atom is -0.379 e. The van der Waals surface area contributed by atoms with Gasteiger partial charge in [-0.15, -0.1) is 0 Å². The largest absolute Gasteiger partial charge is 0.379 e. The van der Waals surface area contributed by atoms with Gasteiger partial charge in [-0.3, -0.25) is 0 Å². The third kappa shape index (κ3) is 7.05. The van der Waals surface area contributed by atoms with Crippen molar-refractivity contribution in [2.45, 2.75) is 52.9 Å². The molecule has 17 heavy (non-hydrogen) atoms. The molecular formula is C15H29O2. The number of hydrogen-bond acceptors (Lipinski definition) is 2.